The Morgan fingerprint density at radius 2 is 1.77 bits per heavy atom. The van der Waals surface area contributed by atoms with E-state index in [4.69, 9.17) is 5.73 Å². The summed E-state index contributed by atoms with van der Waals surface area (Å²) in [7, 11) is -2.93. The SMILES string of the molecule is CCCn1nc(-c2ccc(NC(=O)NCc3ccc(N)nc3)cc2)cc1C(=O)NCCN1CCS(=O)(=O)CC1. The number of rotatable bonds is 10. The zero-order chi connectivity index (χ0) is 27.8. The summed E-state index contributed by atoms with van der Waals surface area (Å²) in [5.74, 6) is 0.518. The molecule has 1 aliphatic heterocycles. The second-order valence-electron chi connectivity index (χ2n) is 9.36. The fraction of sp³-hybridized carbons (Fsp3) is 0.385. The highest BCUT2D eigenvalue weighted by atomic mass is 32.2. The van der Waals surface area contributed by atoms with Gasteiger partial charge in [0, 0.05) is 56.7 Å². The van der Waals surface area contributed by atoms with Crippen LogP contribution in [0.3, 0.4) is 0 Å². The summed E-state index contributed by atoms with van der Waals surface area (Å²) in [4.78, 5) is 31.2. The number of aryl methyl sites for hydroxylation is 1. The Hall–Kier alpha value is -3.97. The fourth-order valence-electron chi connectivity index (χ4n) is 4.14. The van der Waals surface area contributed by atoms with Crippen molar-refractivity contribution in [1.82, 2.24) is 30.3 Å². The number of carbonyl (C=O) groups excluding carboxylic acids is 2. The highest BCUT2D eigenvalue weighted by Gasteiger charge is 2.22. The number of hydrogen-bond acceptors (Lipinski definition) is 8. The van der Waals surface area contributed by atoms with Gasteiger partial charge in [-0.05, 0) is 36.2 Å². The number of nitrogens with zero attached hydrogens (tertiary/aromatic N) is 4. The van der Waals surface area contributed by atoms with Crippen molar-refractivity contribution in [2.24, 2.45) is 0 Å². The molecule has 0 unspecified atom stereocenters. The van der Waals surface area contributed by atoms with Crippen molar-refractivity contribution in [3.63, 3.8) is 0 Å². The Morgan fingerprint density at radius 3 is 2.44 bits per heavy atom. The quantitative estimate of drug-likeness (QED) is 0.294. The molecule has 0 atom stereocenters. The van der Waals surface area contributed by atoms with E-state index >= 15 is 0 Å². The number of urea groups is 1. The largest absolute Gasteiger partial charge is 0.384 e. The van der Waals surface area contributed by atoms with E-state index in [1.165, 1.54) is 0 Å². The summed E-state index contributed by atoms with van der Waals surface area (Å²) in [6, 6.07) is 12.1. The summed E-state index contributed by atoms with van der Waals surface area (Å²) < 4.78 is 24.9. The number of anilines is 2. The molecule has 2 aromatic heterocycles. The number of aromatic nitrogens is 3. The third-order valence-electron chi connectivity index (χ3n) is 6.34. The number of benzene rings is 1. The van der Waals surface area contributed by atoms with Crippen LogP contribution in [-0.4, -0.2) is 77.7 Å². The lowest BCUT2D eigenvalue weighted by molar-refractivity contribution is 0.0937. The highest BCUT2D eigenvalue weighted by molar-refractivity contribution is 7.91. The molecule has 0 bridgehead atoms. The van der Waals surface area contributed by atoms with Crippen molar-refractivity contribution in [2.75, 3.05) is 48.7 Å². The molecule has 0 aliphatic carbocycles. The molecule has 3 heterocycles. The molecule has 0 saturated carbocycles. The molecule has 1 aliphatic rings. The molecular formula is C26H34N8O4S. The molecule has 4 rings (SSSR count). The van der Waals surface area contributed by atoms with Gasteiger partial charge < -0.3 is 21.7 Å². The maximum Gasteiger partial charge on any atom is 0.319 e. The van der Waals surface area contributed by atoms with Crippen LogP contribution >= 0.6 is 0 Å². The molecule has 1 saturated heterocycles. The van der Waals surface area contributed by atoms with Gasteiger partial charge in [-0.25, -0.2) is 18.2 Å². The van der Waals surface area contributed by atoms with Crippen LogP contribution in [-0.2, 0) is 22.9 Å². The van der Waals surface area contributed by atoms with Crippen LogP contribution in [0.2, 0.25) is 0 Å². The lowest BCUT2D eigenvalue weighted by Crippen LogP contribution is -2.44. The van der Waals surface area contributed by atoms with Crippen LogP contribution in [0, 0.1) is 0 Å². The maximum absolute atomic E-state index is 12.9. The average Bonchev–Trinajstić information content (AvgIpc) is 3.34. The summed E-state index contributed by atoms with van der Waals surface area (Å²) in [5.41, 5.74) is 8.95. The van der Waals surface area contributed by atoms with Crippen LogP contribution in [0.4, 0.5) is 16.3 Å². The van der Waals surface area contributed by atoms with Gasteiger partial charge in [-0.2, -0.15) is 5.10 Å². The molecule has 1 fully saturated rings. The van der Waals surface area contributed by atoms with Crippen LogP contribution < -0.4 is 21.7 Å². The first-order valence-corrected chi connectivity index (χ1v) is 14.7. The topological polar surface area (TPSA) is 164 Å². The van der Waals surface area contributed by atoms with E-state index in [1.54, 1.807) is 41.2 Å². The number of nitrogens with one attached hydrogen (secondary N) is 3. The Labute approximate surface area is 227 Å². The predicted molar refractivity (Wildman–Crippen MR) is 150 cm³/mol. The van der Waals surface area contributed by atoms with Crippen molar-refractivity contribution in [2.45, 2.75) is 26.4 Å². The lowest BCUT2D eigenvalue weighted by Gasteiger charge is -2.26. The minimum atomic E-state index is -2.93. The first-order valence-electron chi connectivity index (χ1n) is 12.9. The van der Waals surface area contributed by atoms with E-state index in [-0.39, 0.29) is 23.4 Å². The van der Waals surface area contributed by atoms with Gasteiger partial charge in [0.25, 0.3) is 5.91 Å². The van der Waals surface area contributed by atoms with Crippen molar-refractivity contribution in [1.29, 1.82) is 0 Å². The zero-order valence-corrected chi connectivity index (χ0v) is 22.7. The molecule has 1 aromatic carbocycles. The molecule has 13 heteroatoms. The Bertz CT molecular complexity index is 1370. The van der Waals surface area contributed by atoms with Crippen molar-refractivity contribution >= 4 is 33.3 Å². The standard InChI is InChI=1S/C26H34N8O4S/c1-2-10-34-23(25(35)28-9-11-33-12-14-39(37,38)15-13-33)16-22(32-34)20-4-6-21(7-5-20)31-26(36)30-18-19-3-8-24(27)29-17-19/h3-8,16-17H,2,9-15,18H2,1H3,(H2,27,29)(H,28,35)(H2,30,31,36). The molecule has 39 heavy (non-hydrogen) atoms. The number of nitrogen functional groups attached to an aromatic ring is 1. The van der Waals surface area contributed by atoms with Gasteiger partial charge in [-0.3, -0.25) is 14.4 Å². The highest BCUT2D eigenvalue weighted by Crippen LogP contribution is 2.22. The average molecular weight is 555 g/mol. The van der Waals surface area contributed by atoms with E-state index in [1.807, 2.05) is 24.0 Å². The Morgan fingerprint density at radius 1 is 1.03 bits per heavy atom. The van der Waals surface area contributed by atoms with Gasteiger partial charge in [-0.15, -0.1) is 0 Å². The molecule has 0 radical (unpaired) electrons. The molecular weight excluding hydrogens is 520 g/mol. The predicted octanol–water partition coefficient (Wildman–Crippen LogP) is 1.72. The molecule has 208 valence electrons. The van der Waals surface area contributed by atoms with Crippen LogP contribution in [0.5, 0.6) is 0 Å². The molecule has 0 spiro atoms. The monoisotopic (exact) mass is 554 g/mol. The van der Waals surface area contributed by atoms with Crippen LogP contribution in [0.25, 0.3) is 11.3 Å². The second-order valence-corrected chi connectivity index (χ2v) is 11.7. The first kappa shape index (κ1) is 28.0. The first-order chi connectivity index (χ1) is 18.7. The number of sulfone groups is 1. The van der Waals surface area contributed by atoms with E-state index < -0.39 is 9.84 Å². The molecule has 5 N–H and O–H groups in total. The van der Waals surface area contributed by atoms with Gasteiger partial charge in [0.05, 0.1) is 17.2 Å². The number of amides is 3. The molecule has 12 nitrogen and oxygen atoms in total. The normalized spacial score (nSPS) is 15.0. The third-order valence-corrected chi connectivity index (χ3v) is 7.95. The van der Waals surface area contributed by atoms with Gasteiger partial charge in [0.2, 0.25) is 0 Å². The Kier molecular flexibility index (Phi) is 9.15. The number of carbonyl (C=O) groups is 2. The zero-order valence-electron chi connectivity index (χ0n) is 21.9. The smallest absolute Gasteiger partial charge is 0.319 e. The van der Waals surface area contributed by atoms with Gasteiger partial charge in [-0.1, -0.05) is 25.1 Å². The number of nitrogens with two attached hydrogens (primary N) is 1. The van der Waals surface area contributed by atoms with Gasteiger partial charge in [0.1, 0.15) is 11.5 Å². The molecule has 3 aromatic rings. The van der Waals surface area contributed by atoms with Crippen LogP contribution in [0.15, 0.2) is 48.7 Å². The summed E-state index contributed by atoms with van der Waals surface area (Å²) >= 11 is 0. The fourth-order valence-corrected chi connectivity index (χ4v) is 5.41. The number of hydrogen-bond donors (Lipinski definition) is 4. The van der Waals surface area contributed by atoms with E-state index in [0.717, 1.165) is 17.5 Å². The van der Waals surface area contributed by atoms with Crippen LogP contribution in [0.1, 0.15) is 29.4 Å². The van der Waals surface area contributed by atoms with Gasteiger partial charge in [0.15, 0.2) is 9.84 Å². The maximum atomic E-state index is 12.9. The van der Waals surface area contributed by atoms with Crippen molar-refractivity contribution < 1.29 is 18.0 Å². The van der Waals surface area contributed by atoms with E-state index in [0.29, 0.717) is 62.2 Å². The Balaban J connectivity index is 1.32. The molecule has 3 amide bonds. The lowest BCUT2D eigenvalue weighted by atomic mass is 10.1. The number of pyridine rings is 1. The minimum Gasteiger partial charge on any atom is -0.384 e. The summed E-state index contributed by atoms with van der Waals surface area (Å²) in [5, 5.41) is 13.1. The second kappa shape index (κ2) is 12.7. The van der Waals surface area contributed by atoms with E-state index in [2.05, 4.69) is 26.0 Å². The van der Waals surface area contributed by atoms with Gasteiger partial charge >= 0.3 is 6.03 Å². The summed E-state index contributed by atoms with van der Waals surface area (Å²) in [6.07, 6.45) is 2.42. The van der Waals surface area contributed by atoms with Crippen molar-refractivity contribution in [3.8, 4) is 11.3 Å². The summed E-state index contributed by atoms with van der Waals surface area (Å²) in [6.45, 7) is 4.92. The van der Waals surface area contributed by atoms with Crippen molar-refractivity contribution in [3.05, 3.63) is 59.9 Å². The van der Waals surface area contributed by atoms with E-state index in [9.17, 15) is 18.0 Å². The minimum absolute atomic E-state index is 0.161. The third kappa shape index (κ3) is 8.01.